The van der Waals surface area contributed by atoms with Gasteiger partial charge in [-0.05, 0) is 37.6 Å². The molecule has 0 fully saturated rings. The first-order chi connectivity index (χ1) is 8.20. The van der Waals surface area contributed by atoms with E-state index < -0.39 is 0 Å². The van der Waals surface area contributed by atoms with E-state index in [0.29, 0.717) is 5.56 Å². The second kappa shape index (κ2) is 4.71. The maximum absolute atomic E-state index is 8.86. The van der Waals surface area contributed by atoms with E-state index in [1.807, 2.05) is 31.3 Å². The Morgan fingerprint density at radius 3 is 2.88 bits per heavy atom. The van der Waals surface area contributed by atoms with Crippen LogP contribution >= 0.6 is 0 Å². The van der Waals surface area contributed by atoms with Gasteiger partial charge >= 0.3 is 0 Å². The Hall–Kier alpha value is -2.28. The fourth-order valence-corrected chi connectivity index (χ4v) is 1.71. The van der Waals surface area contributed by atoms with Gasteiger partial charge in [0.2, 0.25) is 0 Å². The summed E-state index contributed by atoms with van der Waals surface area (Å²) in [6.07, 6.45) is 3.67. The molecule has 4 nitrogen and oxygen atoms in total. The van der Waals surface area contributed by atoms with Crippen molar-refractivity contribution in [1.82, 2.24) is 10.2 Å². The van der Waals surface area contributed by atoms with Crippen LogP contribution in [0, 0.1) is 18.3 Å². The molecule has 0 saturated heterocycles. The third-order valence-electron chi connectivity index (χ3n) is 2.75. The average molecular weight is 226 g/mol. The second-order valence-corrected chi connectivity index (χ2v) is 4.04. The molecule has 1 heterocycles. The molecule has 86 valence electrons. The fraction of sp³-hybridized carbons (Fsp3) is 0.231. The number of anilines is 1. The summed E-state index contributed by atoms with van der Waals surface area (Å²) in [7, 11) is 0. The fourth-order valence-electron chi connectivity index (χ4n) is 1.71. The lowest BCUT2D eigenvalue weighted by Gasteiger charge is -2.14. The van der Waals surface area contributed by atoms with Gasteiger partial charge in [0.05, 0.1) is 23.9 Å². The van der Waals surface area contributed by atoms with Crippen LogP contribution in [0.25, 0.3) is 0 Å². The number of nitriles is 1. The number of hydrogen-bond donors (Lipinski definition) is 2. The topological polar surface area (TPSA) is 64.5 Å². The third-order valence-corrected chi connectivity index (χ3v) is 2.75. The molecule has 1 aromatic heterocycles. The molecule has 17 heavy (non-hydrogen) atoms. The van der Waals surface area contributed by atoms with Crippen LogP contribution in [-0.4, -0.2) is 10.2 Å². The van der Waals surface area contributed by atoms with E-state index in [1.165, 1.54) is 0 Å². The Balaban J connectivity index is 2.15. The standard InChI is InChI=1S/C13H14N4/c1-9-5-13(4-3-11(9)6-14)17-10(2)12-7-15-16-8-12/h3-5,7-8,10,17H,1-2H3,(H,15,16). The predicted octanol–water partition coefficient (Wildman–Crippen LogP) is 2.76. The van der Waals surface area contributed by atoms with E-state index in [1.54, 1.807) is 6.20 Å². The first-order valence-corrected chi connectivity index (χ1v) is 5.46. The zero-order valence-corrected chi connectivity index (χ0v) is 9.86. The lowest BCUT2D eigenvalue weighted by molar-refractivity contribution is 0.885. The molecule has 0 spiro atoms. The lowest BCUT2D eigenvalue weighted by Crippen LogP contribution is -2.05. The molecule has 0 saturated carbocycles. The minimum atomic E-state index is 0.182. The smallest absolute Gasteiger partial charge is 0.0994 e. The first-order valence-electron chi connectivity index (χ1n) is 5.46. The van der Waals surface area contributed by atoms with Gasteiger partial charge in [-0.1, -0.05) is 0 Å². The number of nitrogens with one attached hydrogen (secondary N) is 2. The molecule has 2 aromatic rings. The van der Waals surface area contributed by atoms with Crippen LogP contribution in [0.15, 0.2) is 30.6 Å². The summed E-state index contributed by atoms with van der Waals surface area (Å²) in [5.74, 6) is 0. The zero-order chi connectivity index (χ0) is 12.3. The van der Waals surface area contributed by atoms with Crippen LogP contribution in [0.5, 0.6) is 0 Å². The number of aromatic nitrogens is 2. The number of benzene rings is 1. The van der Waals surface area contributed by atoms with Crippen molar-refractivity contribution in [3.8, 4) is 6.07 Å². The Kier molecular flexibility index (Phi) is 3.10. The normalized spacial score (nSPS) is 11.8. The van der Waals surface area contributed by atoms with Crippen molar-refractivity contribution in [3.05, 3.63) is 47.3 Å². The molecule has 0 radical (unpaired) electrons. The highest BCUT2D eigenvalue weighted by Crippen LogP contribution is 2.20. The number of aryl methyl sites for hydroxylation is 1. The van der Waals surface area contributed by atoms with Crippen LogP contribution < -0.4 is 5.32 Å². The van der Waals surface area contributed by atoms with Crippen molar-refractivity contribution in [2.24, 2.45) is 0 Å². The highest BCUT2D eigenvalue weighted by molar-refractivity contribution is 5.52. The largest absolute Gasteiger partial charge is 0.378 e. The van der Waals surface area contributed by atoms with Gasteiger partial charge in [-0.2, -0.15) is 10.4 Å². The van der Waals surface area contributed by atoms with Crippen molar-refractivity contribution in [3.63, 3.8) is 0 Å². The number of nitrogens with zero attached hydrogens (tertiary/aromatic N) is 2. The average Bonchev–Trinajstić information content (AvgIpc) is 2.82. The van der Waals surface area contributed by atoms with Crippen LogP contribution in [0.2, 0.25) is 0 Å². The van der Waals surface area contributed by atoms with E-state index in [4.69, 9.17) is 5.26 Å². The molecule has 2 rings (SSSR count). The number of rotatable bonds is 3. The monoisotopic (exact) mass is 226 g/mol. The van der Waals surface area contributed by atoms with E-state index in [0.717, 1.165) is 16.8 Å². The highest BCUT2D eigenvalue weighted by Gasteiger charge is 2.06. The Labute approximate surface area is 100 Å². The Morgan fingerprint density at radius 1 is 1.47 bits per heavy atom. The zero-order valence-electron chi connectivity index (χ0n) is 9.86. The van der Waals surface area contributed by atoms with Gasteiger partial charge < -0.3 is 5.32 Å². The quantitative estimate of drug-likeness (QED) is 0.845. The highest BCUT2D eigenvalue weighted by atomic mass is 15.1. The van der Waals surface area contributed by atoms with Crippen molar-refractivity contribution >= 4 is 5.69 Å². The SMILES string of the molecule is Cc1cc(NC(C)c2cn[nH]c2)ccc1C#N. The molecule has 0 aliphatic carbocycles. The molecule has 1 aromatic carbocycles. The molecule has 0 bridgehead atoms. The summed E-state index contributed by atoms with van der Waals surface area (Å²) in [6.45, 7) is 4.00. The van der Waals surface area contributed by atoms with Crippen LogP contribution in [-0.2, 0) is 0 Å². The molecule has 2 N–H and O–H groups in total. The van der Waals surface area contributed by atoms with Gasteiger partial charge in [0.15, 0.2) is 0 Å². The van der Waals surface area contributed by atoms with Crippen LogP contribution in [0.1, 0.15) is 29.7 Å². The van der Waals surface area contributed by atoms with Crippen LogP contribution in [0.3, 0.4) is 0 Å². The summed E-state index contributed by atoms with van der Waals surface area (Å²) in [4.78, 5) is 0. The van der Waals surface area contributed by atoms with E-state index >= 15 is 0 Å². The molecule has 1 unspecified atom stereocenters. The molecule has 1 atom stereocenters. The lowest BCUT2D eigenvalue weighted by atomic mass is 10.1. The van der Waals surface area contributed by atoms with Gasteiger partial charge in [0, 0.05) is 17.4 Å². The van der Waals surface area contributed by atoms with E-state index in [2.05, 4.69) is 28.5 Å². The van der Waals surface area contributed by atoms with Crippen molar-refractivity contribution in [2.45, 2.75) is 19.9 Å². The summed E-state index contributed by atoms with van der Waals surface area (Å²) >= 11 is 0. The van der Waals surface area contributed by atoms with E-state index in [-0.39, 0.29) is 6.04 Å². The van der Waals surface area contributed by atoms with Gasteiger partial charge in [-0.15, -0.1) is 0 Å². The number of hydrogen-bond acceptors (Lipinski definition) is 3. The third kappa shape index (κ3) is 2.45. The molecule has 0 amide bonds. The summed E-state index contributed by atoms with van der Waals surface area (Å²) in [6, 6.07) is 8.08. The minimum Gasteiger partial charge on any atom is -0.378 e. The van der Waals surface area contributed by atoms with Gasteiger partial charge in [0.25, 0.3) is 0 Å². The molecular weight excluding hydrogens is 212 g/mol. The van der Waals surface area contributed by atoms with Crippen molar-refractivity contribution in [1.29, 1.82) is 5.26 Å². The van der Waals surface area contributed by atoms with Crippen molar-refractivity contribution < 1.29 is 0 Å². The summed E-state index contributed by atoms with van der Waals surface area (Å²) < 4.78 is 0. The summed E-state index contributed by atoms with van der Waals surface area (Å²) in [5.41, 5.74) is 3.81. The number of aromatic amines is 1. The maximum Gasteiger partial charge on any atom is 0.0994 e. The summed E-state index contributed by atoms with van der Waals surface area (Å²) in [5, 5.41) is 18.9. The molecule has 0 aliphatic rings. The first kappa shape index (κ1) is 11.2. The second-order valence-electron chi connectivity index (χ2n) is 4.04. The molecular formula is C13H14N4. The maximum atomic E-state index is 8.86. The van der Waals surface area contributed by atoms with Crippen LogP contribution in [0.4, 0.5) is 5.69 Å². The molecule has 4 heteroatoms. The number of H-pyrrole nitrogens is 1. The minimum absolute atomic E-state index is 0.182. The van der Waals surface area contributed by atoms with Gasteiger partial charge in [-0.3, -0.25) is 5.10 Å². The van der Waals surface area contributed by atoms with Gasteiger partial charge in [0.1, 0.15) is 0 Å². The Bertz CT molecular complexity index is 537. The predicted molar refractivity (Wildman–Crippen MR) is 66.5 cm³/mol. The van der Waals surface area contributed by atoms with Gasteiger partial charge in [-0.25, -0.2) is 0 Å². The molecule has 0 aliphatic heterocycles. The Morgan fingerprint density at radius 2 is 2.29 bits per heavy atom. The van der Waals surface area contributed by atoms with Crippen molar-refractivity contribution in [2.75, 3.05) is 5.32 Å². The van der Waals surface area contributed by atoms with E-state index in [9.17, 15) is 0 Å².